The molecule has 3 heterocycles. The fourth-order valence-electron chi connectivity index (χ4n) is 5.55. The molecule has 1 N–H and O–H groups in total. The molecule has 1 aliphatic carbocycles. The first kappa shape index (κ1) is 19.9. The monoisotopic (exact) mass is 402 g/mol. The van der Waals surface area contributed by atoms with Gasteiger partial charge in [-0.15, -0.1) is 0 Å². The number of hydrogen-bond acceptors (Lipinski definition) is 4. The minimum absolute atomic E-state index is 0.449. The van der Waals surface area contributed by atoms with E-state index in [1.165, 1.54) is 41.6 Å². The third kappa shape index (κ3) is 3.96. The van der Waals surface area contributed by atoms with E-state index in [4.69, 9.17) is 4.98 Å². The van der Waals surface area contributed by atoms with Gasteiger partial charge in [0.15, 0.2) is 0 Å². The van der Waals surface area contributed by atoms with Gasteiger partial charge < -0.3 is 10.2 Å². The molecule has 2 atom stereocenters. The number of likely N-dealkylation sites (N-methyl/N-ethyl adjacent to an activating group) is 2. The van der Waals surface area contributed by atoms with Crippen LogP contribution in [0.1, 0.15) is 53.3 Å². The molecule has 30 heavy (non-hydrogen) atoms. The van der Waals surface area contributed by atoms with Crippen LogP contribution in [0, 0.1) is 0 Å². The molecule has 2 aromatic rings. The molecule has 1 aromatic heterocycles. The van der Waals surface area contributed by atoms with Crippen molar-refractivity contribution >= 4 is 5.57 Å². The van der Waals surface area contributed by atoms with Gasteiger partial charge in [-0.3, -0.25) is 9.88 Å². The van der Waals surface area contributed by atoms with Crippen molar-refractivity contribution in [3.05, 3.63) is 70.6 Å². The van der Waals surface area contributed by atoms with Crippen LogP contribution >= 0.6 is 0 Å². The molecule has 3 aliphatic rings. The number of pyridine rings is 1. The van der Waals surface area contributed by atoms with Crippen LogP contribution in [-0.2, 0) is 19.4 Å². The standard InChI is InChI=1S/C26H34N4/c1-29-14-11-19(12-15-29)23-9-3-7-21-17-28-22(16-24(21)23)18-30(2)25-10-4-6-20-8-5-13-27-26(20)25/h3,5,7-9,11,13,22,25,28H,4,6,10,12,14-18H2,1-2H3/t22-,25+/m1/s1. The minimum atomic E-state index is 0.449. The molecular weight excluding hydrogens is 368 g/mol. The Morgan fingerprint density at radius 2 is 2.07 bits per heavy atom. The molecule has 0 saturated heterocycles. The summed E-state index contributed by atoms with van der Waals surface area (Å²) in [5.41, 5.74) is 8.85. The summed E-state index contributed by atoms with van der Waals surface area (Å²) in [5.74, 6) is 0. The highest BCUT2D eigenvalue weighted by Crippen LogP contribution is 2.33. The largest absolute Gasteiger partial charge is 0.308 e. The fourth-order valence-corrected chi connectivity index (χ4v) is 5.55. The highest BCUT2D eigenvalue weighted by Gasteiger charge is 2.28. The highest BCUT2D eigenvalue weighted by atomic mass is 15.2. The Morgan fingerprint density at radius 3 is 2.93 bits per heavy atom. The van der Waals surface area contributed by atoms with Gasteiger partial charge in [0.1, 0.15) is 0 Å². The maximum atomic E-state index is 4.76. The molecule has 0 saturated carbocycles. The zero-order valence-electron chi connectivity index (χ0n) is 18.4. The van der Waals surface area contributed by atoms with Crippen LogP contribution in [0.15, 0.2) is 42.6 Å². The molecular formula is C26H34N4. The van der Waals surface area contributed by atoms with Crippen molar-refractivity contribution in [2.45, 2.75) is 50.7 Å². The van der Waals surface area contributed by atoms with E-state index in [1.807, 2.05) is 6.20 Å². The Hall–Kier alpha value is -2.01. The molecule has 0 bridgehead atoms. The summed E-state index contributed by atoms with van der Waals surface area (Å²) in [7, 11) is 4.50. The molecule has 4 heteroatoms. The van der Waals surface area contributed by atoms with Gasteiger partial charge in [-0.1, -0.05) is 30.3 Å². The van der Waals surface area contributed by atoms with Crippen LogP contribution in [0.4, 0.5) is 0 Å². The van der Waals surface area contributed by atoms with E-state index in [9.17, 15) is 0 Å². The van der Waals surface area contributed by atoms with Crippen molar-refractivity contribution < 1.29 is 0 Å². The van der Waals surface area contributed by atoms with Gasteiger partial charge in [-0.2, -0.15) is 0 Å². The molecule has 4 nitrogen and oxygen atoms in total. The summed E-state index contributed by atoms with van der Waals surface area (Å²) in [6.45, 7) is 4.27. The molecule has 0 radical (unpaired) electrons. The Balaban J connectivity index is 1.33. The number of fused-ring (bicyclic) bond motifs is 2. The number of nitrogens with one attached hydrogen (secondary N) is 1. The Labute approximate surface area is 181 Å². The first-order valence-corrected chi connectivity index (χ1v) is 11.5. The average molecular weight is 403 g/mol. The van der Waals surface area contributed by atoms with Crippen LogP contribution in [-0.4, -0.2) is 54.6 Å². The zero-order chi connectivity index (χ0) is 20.5. The fraction of sp³-hybridized carbons (Fsp3) is 0.500. The lowest BCUT2D eigenvalue weighted by atomic mass is 9.86. The maximum absolute atomic E-state index is 4.76. The van der Waals surface area contributed by atoms with Gasteiger partial charge >= 0.3 is 0 Å². The highest BCUT2D eigenvalue weighted by molar-refractivity contribution is 5.70. The van der Waals surface area contributed by atoms with Gasteiger partial charge in [-0.25, -0.2) is 0 Å². The molecule has 0 fully saturated rings. The number of hydrogen-bond donors (Lipinski definition) is 1. The van der Waals surface area contributed by atoms with E-state index in [-0.39, 0.29) is 0 Å². The van der Waals surface area contributed by atoms with Gasteiger partial charge in [-0.05, 0) is 80.1 Å². The first-order chi connectivity index (χ1) is 14.7. The second-order valence-corrected chi connectivity index (χ2v) is 9.36. The molecule has 0 spiro atoms. The molecule has 5 rings (SSSR count). The second-order valence-electron chi connectivity index (χ2n) is 9.36. The van der Waals surface area contributed by atoms with E-state index in [1.54, 1.807) is 11.1 Å². The Kier molecular flexibility index (Phi) is 5.72. The number of nitrogens with zero attached hydrogens (tertiary/aromatic N) is 3. The van der Waals surface area contributed by atoms with E-state index in [0.29, 0.717) is 12.1 Å². The SMILES string of the molecule is CN1CC=C(c2cccc3c2C[C@H](CN(C)[C@H]2CCCc4cccnc42)NC3)CC1. The Bertz CT molecular complexity index is 934. The molecule has 0 unspecified atom stereocenters. The zero-order valence-corrected chi connectivity index (χ0v) is 18.4. The predicted molar refractivity (Wildman–Crippen MR) is 123 cm³/mol. The van der Waals surface area contributed by atoms with E-state index in [0.717, 1.165) is 39.0 Å². The van der Waals surface area contributed by atoms with Crippen molar-refractivity contribution in [2.75, 3.05) is 33.7 Å². The summed E-state index contributed by atoms with van der Waals surface area (Å²) in [6, 6.07) is 12.2. The predicted octanol–water partition coefficient (Wildman–Crippen LogP) is 3.82. The van der Waals surface area contributed by atoms with Crippen LogP contribution in [0.2, 0.25) is 0 Å². The summed E-state index contributed by atoms with van der Waals surface area (Å²) < 4.78 is 0. The molecule has 1 aromatic carbocycles. The summed E-state index contributed by atoms with van der Waals surface area (Å²) >= 11 is 0. The van der Waals surface area contributed by atoms with E-state index >= 15 is 0 Å². The van der Waals surface area contributed by atoms with Crippen molar-refractivity contribution in [2.24, 2.45) is 0 Å². The number of aryl methyl sites for hydroxylation is 1. The lowest BCUT2D eigenvalue weighted by Crippen LogP contribution is -2.45. The van der Waals surface area contributed by atoms with Crippen molar-refractivity contribution in [1.82, 2.24) is 20.1 Å². The van der Waals surface area contributed by atoms with Crippen molar-refractivity contribution in [3.63, 3.8) is 0 Å². The van der Waals surface area contributed by atoms with Crippen LogP contribution in [0.3, 0.4) is 0 Å². The Morgan fingerprint density at radius 1 is 1.17 bits per heavy atom. The van der Waals surface area contributed by atoms with Gasteiger partial charge in [0.2, 0.25) is 0 Å². The topological polar surface area (TPSA) is 31.4 Å². The van der Waals surface area contributed by atoms with Crippen molar-refractivity contribution in [1.29, 1.82) is 0 Å². The molecule has 158 valence electrons. The van der Waals surface area contributed by atoms with Crippen LogP contribution in [0.5, 0.6) is 0 Å². The van der Waals surface area contributed by atoms with Crippen molar-refractivity contribution in [3.8, 4) is 0 Å². The number of aromatic nitrogens is 1. The quantitative estimate of drug-likeness (QED) is 0.842. The summed E-state index contributed by atoms with van der Waals surface area (Å²) in [4.78, 5) is 9.70. The molecule has 0 amide bonds. The molecule has 2 aliphatic heterocycles. The third-order valence-electron chi connectivity index (χ3n) is 7.27. The third-order valence-corrected chi connectivity index (χ3v) is 7.27. The summed E-state index contributed by atoms with van der Waals surface area (Å²) in [6.07, 6.45) is 10.3. The van der Waals surface area contributed by atoms with E-state index < -0.39 is 0 Å². The lowest BCUT2D eigenvalue weighted by molar-refractivity contribution is 0.190. The smallest absolute Gasteiger partial charge is 0.0607 e. The maximum Gasteiger partial charge on any atom is 0.0607 e. The normalized spacial score (nSPS) is 24.3. The van der Waals surface area contributed by atoms with E-state index in [2.05, 4.69) is 65.6 Å². The second kappa shape index (κ2) is 8.62. The van der Waals surface area contributed by atoms with Crippen LogP contribution in [0.25, 0.3) is 5.57 Å². The minimum Gasteiger partial charge on any atom is -0.308 e. The van der Waals surface area contributed by atoms with Gasteiger partial charge in [0, 0.05) is 38.4 Å². The first-order valence-electron chi connectivity index (χ1n) is 11.5. The van der Waals surface area contributed by atoms with Gasteiger partial charge in [0.05, 0.1) is 11.7 Å². The summed E-state index contributed by atoms with van der Waals surface area (Å²) in [5, 5.41) is 3.82. The number of benzene rings is 1. The van der Waals surface area contributed by atoms with Gasteiger partial charge in [0.25, 0.3) is 0 Å². The number of rotatable bonds is 4. The lowest BCUT2D eigenvalue weighted by Gasteiger charge is -2.37. The van der Waals surface area contributed by atoms with Crippen LogP contribution < -0.4 is 5.32 Å². The average Bonchev–Trinajstić information content (AvgIpc) is 2.79.